The van der Waals surface area contributed by atoms with Gasteiger partial charge in [0.05, 0.1) is 0 Å². The van der Waals surface area contributed by atoms with Gasteiger partial charge in [-0.25, -0.2) is 0 Å². The van der Waals surface area contributed by atoms with E-state index >= 15 is 0 Å². The smallest absolute Gasteiger partial charge is 0.00430 e. The van der Waals surface area contributed by atoms with E-state index in [1.807, 2.05) is 0 Å². The molecule has 0 heterocycles. The second-order valence-corrected chi connectivity index (χ2v) is 5.46. The quantitative estimate of drug-likeness (QED) is 0.840. The maximum atomic E-state index is 5.98. The highest BCUT2D eigenvalue weighted by Gasteiger charge is 2.26. The number of fused-ring (bicyclic) bond motifs is 1. The lowest BCUT2D eigenvalue weighted by Gasteiger charge is -2.31. The summed E-state index contributed by atoms with van der Waals surface area (Å²) in [5.41, 5.74) is 7.49. The molecule has 0 saturated heterocycles. The topological polar surface area (TPSA) is 26.0 Å². The Labute approximate surface area is 109 Å². The molecule has 1 nitrogen and oxygen atoms in total. The average Bonchev–Trinajstić information content (AvgIpc) is 2.46. The lowest BCUT2D eigenvalue weighted by atomic mass is 9.74. The molecular formula is C17H21N. The summed E-state index contributed by atoms with van der Waals surface area (Å²) in [5, 5.41) is 2.78. The summed E-state index contributed by atoms with van der Waals surface area (Å²) in [7, 11) is 0. The second-order valence-electron chi connectivity index (χ2n) is 5.46. The summed E-state index contributed by atoms with van der Waals surface area (Å²) in [6, 6.07) is 15.4. The first-order valence-corrected chi connectivity index (χ1v) is 7.08. The molecule has 18 heavy (non-hydrogen) atoms. The number of nitrogens with two attached hydrogens (primary N) is 1. The summed E-state index contributed by atoms with van der Waals surface area (Å²) < 4.78 is 0. The Morgan fingerprint density at radius 3 is 2.61 bits per heavy atom. The summed E-state index contributed by atoms with van der Waals surface area (Å²) in [5.74, 6) is 1.33. The van der Waals surface area contributed by atoms with Gasteiger partial charge >= 0.3 is 0 Å². The van der Waals surface area contributed by atoms with Crippen molar-refractivity contribution in [2.45, 2.75) is 31.6 Å². The molecule has 1 aliphatic carbocycles. The Hall–Kier alpha value is -1.34. The van der Waals surface area contributed by atoms with E-state index < -0.39 is 0 Å². The van der Waals surface area contributed by atoms with Crippen LogP contribution < -0.4 is 5.73 Å². The molecular weight excluding hydrogens is 218 g/mol. The number of benzene rings is 2. The molecule has 0 amide bonds. The van der Waals surface area contributed by atoms with Crippen LogP contribution in [0.2, 0.25) is 0 Å². The molecule has 2 aromatic carbocycles. The van der Waals surface area contributed by atoms with Crippen molar-refractivity contribution in [1.29, 1.82) is 0 Å². The zero-order chi connectivity index (χ0) is 12.4. The normalized spacial score (nSPS) is 24.3. The van der Waals surface area contributed by atoms with E-state index in [2.05, 4.69) is 42.5 Å². The number of hydrogen-bond acceptors (Lipinski definition) is 1. The Morgan fingerprint density at radius 1 is 0.944 bits per heavy atom. The number of rotatable bonds is 2. The standard InChI is InChI=1S/C17H21N/c18-12-14-7-2-4-10-16(14)17-11-5-8-13-6-1-3-9-15(13)17/h1,3,5-6,8-9,11,14,16H,2,4,7,10,12,18H2. The van der Waals surface area contributed by atoms with Gasteiger partial charge < -0.3 is 5.73 Å². The highest BCUT2D eigenvalue weighted by molar-refractivity contribution is 5.86. The van der Waals surface area contributed by atoms with Gasteiger partial charge in [0.2, 0.25) is 0 Å². The van der Waals surface area contributed by atoms with Crippen LogP contribution in [0.25, 0.3) is 10.8 Å². The fraction of sp³-hybridized carbons (Fsp3) is 0.412. The van der Waals surface area contributed by atoms with E-state index in [1.54, 1.807) is 0 Å². The van der Waals surface area contributed by atoms with Crippen LogP contribution in [0.4, 0.5) is 0 Å². The number of hydrogen-bond donors (Lipinski definition) is 1. The summed E-state index contributed by atoms with van der Waals surface area (Å²) in [6.45, 7) is 0.827. The lowest BCUT2D eigenvalue weighted by Crippen LogP contribution is -2.25. The molecule has 2 atom stereocenters. The van der Waals surface area contributed by atoms with Gasteiger partial charge in [-0.1, -0.05) is 55.3 Å². The van der Waals surface area contributed by atoms with Gasteiger partial charge in [-0.15, -0.1) is 0 Å². The van der Waals surface area contributed by atoms with Crippen LogP contribution >= 0.6 is 0 Å². The molecule has 1 heteroatoms. The van der Waals surface area contributed by atoms with Gasteiger partial charge in [-0.3, -0.25) is 0 Å². The van der Waals surface area contributed by atoms with Gasteiger partial charge in [0.1, 0.15) is 0 Å². The van der Waals surface area contributed by atoms with Gasteiger partial charge in [0.15, 0.2) is 0 Å². The van der Waals surface area contributed by atoms with Gasteiger partial charge in [0, 0.05) is 0 Å². The fourth-order valence-electron chi connectivity index (χ4n) is 3.47. The SMILES string of the molecule is NCC1CCCCC1c1cccc2ccccc12. The molecule has 0 radical (unpaired) electrons. The van der Waals surface area contributed by atoms with E-state index in [-0.39, 0.29) is 0 Å². The highest BCUT2D eigenvalue weighted by atomic mass is 14.6. The van der Waals surface area contributed by atoms with Crippen molar-refractivity contribution in [3.05, 3.63) is 48.0 Å². The molecule has 1 saturated carbocycles. The predicted octanol–water partition coefficient (Wildman–Crippen LogP) is 4.07. The first kappa shape index (κ1) is 11.7. The molecule has 94 valence electrons. The van der Waals surface area contributed by atoms with E-state index in [0.717, 1.165) is 6.54 Å². The van der Waals surface area contributed by atoms with Crippen molar-refractivity contribution in [2.24, 2.45) is 11.7 Å². The molecule has 1 fully saturated rings. The third-order valence-corrected chi connectivity index (χ3v) is 4.43. The zero-order valence-electron chi connectivity index (χ0n) is 10.8. The van der Waals surface area contributed by atoms with E-state index in [1.165, 1.54) is 42.0 Å². The summed E-state index contributed by atoms with van der Waals surface area (Å²) in [4.78, 5) is 0. The van der Waals surface area contributed by atoms with E-state index in [4.69, 9.17) is 5.73 Å². The van der Waals surface area contributed by atoms with Crippen molar-refractivity contribution in [3.63, 3.8) is 0 Å². The molecule has 0 bridgehead atoms. The maximum Gasteiger partial charge on any atom is -0.00430 e. The van der Waals surface area contributed by atoms with Gasteiger partial charge in [-0.2, -0.15) is 0 Å². The monoisotopic (exact) mass is 239 g/mol. The molecule has 0 aromatic heterocycles. The summed E-state index contributed by atoms with van der Waals surface area (Å²) >= 11 is 0. The van der Waals surface area contributed by atoms with Crippen LogP contribution in [0.5, 0.6) is 0 Å². The Morgan fingerprint density at radius 2 is 1.72 bits per heavy atom. The van der Waals surface area contributed by atoms with Crippen LogP contribution in [0, 0.1) is 5.92 Å². The van der Waals surface area contributed by atoms with Crippen molar-refractivity contribution in [1.82, 2.24) is 0 Å². The Bertz CT molecular complexity index is 527. The first-order valence-electron chi connectivity index (χ1n) is 7.08. The minimum atomic E-state index is 0.662. The fourth-order valence-corrected chi connectivity index (χ4v) is 3.47. The van der Waals surface area contributed by atoms with Gasteiger partial charge in [-0.05, 0) is 47.6 Å². The molecule has 2 unspecified atom stereocenters. The lowest BCUT2D eigenvalue weighted by molar-refractivity contribution is 0.316. The van der Waals surface area contributed by atoms with E-state index in [9.17, 15) is 0 Å². The van der Waals surface area contributed by atoms with Crippen molar-refractivity contribution >= 4 is 10.8 Å². The van der Waals surface area contributed by atoms with Crippen LogP contribution in [0.15, 0.2) is 42.5 Å². The third-order valence-electron chi connectivity index (χ3n) is 4.43. The Kier molecular flexibility index (Phi) is 3.33. The second kappa shape index (κ2) is 5.11. The van der Waals surface area contributed by atoms with Crippen LogP contribution in [-0.2, 0) is 0 Å². The molecule has 0 spiro atoms. The first-order chi connectivity index (χ1) is 8.90. The minimum Gasteiger partial charge on any atom is -0.330 e. The molecule has 1 aliphatic rings. The zero-order valence-corrected chi connectivity index (χ0v) is 10.8. The Balaban J connectivity index is 2.07. The van der Waals surface area contributed by atoms with E-state index in [0.29, 0.717) is 11.8 Å². The van der Waals surface area contributed by atoms with Crippen molar-refractivity contribution in [3.8, 4) is 0 Å². The molecule has 2 N–H and O–H groups in total. The van der Waals surface area contributed by atoms with Crippen molar-refractivity contribution in [2.75, 3.05) is 6.54 Å². The van der Waals surface area contributed by atoms with Crippen LogP contribution in [-0.4, -0.2) is 6.54 Å². The van der Waals surface area contributed by atoms with Gasteiger partial charge in [0.25, 0.3) is 0 Å². The molecule has 0 aliphatic heterocycles. The predicted molar refractivity (Wildman–Crippen MR) is 77.7 cm³/mol. The largest absolute Gasteiger partial charge is 0.330 e. The summed E-state index contributed by atoms with van der Waals surface area (Å²) in [6.07, 6.45) is 5.30. The van der Waals surface area contributed by atoms with Crippen LogP contribution in [0.1, 0.15) is 37.2 Å². The third kappa shape index (κ3) is 2.04. The van der Waals surface area contributed by atoms with Crippen LogP contribution in [0.3, 0.4) is 0 Å². The highest BCUT2D eigenvalue weighted by Crippen LogP contribution is 2.39. The van der Waals surface area contributed by atoms with Crippen molar-refractivity contribution < 1.29 is 0 Å². The maximum absolute atomic E-state index is 5.98. The molecule has 2 aromatic rings. The minimum absolute atomic E-state index is 0.662. The molecule has 3 rings (SSSR count). The average molecular weight is 239 g/mol.